The van der Waals surface area contributed by atoms with Gasteiger partial charge in [0.15, 0.2) is 0 Å². The zero-order valence-corrected chi connectivity index (χ0v) is 15.2. The molecule has 1 heterocycles. The van der Waals surface area contributed by atoms with Crippen molar-refractivity contribution in [3.8, 4) is 0 Å². The summed E-state index contributed by atoms with van der Waals surface area (Å²) in [4.78, 5) is 16.4. The molecule has 26 heavy (non-hydrogen) atoms. The number of imidazole rings is 1. The molecular weight excluding hydrogens is 329 g/mol. The van der Waals surface area contributed by atoms with Gasteiger partial charge in [-0.2, -0.15) is 0 Å². The number of hydrogen-bond donors (Lipinski definition) is 1. The maximum absolute atomic E-state index is 13.2. The SMILES string of the molecule is CC(C)C(=O)NCCCc1nc2ccccc2n1Cc1ccc(F)cc1. The molecule has 0 saturated heterocycles. The second-order valence-electron chi connectivity index (χ2n) is 6.78. The summed E-state index contributed by atoms with van der Waals surface area (Å²) in [5.41, 5.74) is 3.05. The molecule has 0 saturated carbocycles. The molecule has 1 aromatic heterocycles. The van der Waals surface area contributed by atoms with E-state index in [0.717, 1.165) is 35.3 Å². The third kappa shape index (κ3) is 4.28. The van der Waals surface area contributed by atoms with Crippen molar-refractivity contribution in [3.63, 3.8) is 0 Å². The van der Waals surface area contributed by atoms with Crippen molar-refractivity contribution in [1.82, 2.24) is 14.9 Å². The van der Waals surface area contributed by atoms with Crippen molar-refractivity contribution in [3.05, 3.63) is 65.7 Å². The summed E-state index contributed by atoms with van der Waals surface area (Å²) >= 11 is 0. The average molecular weight is 353 g/mol. The summed E-state index contributed by atoms with van der Waals surface area (Å²) < 4.78 is 15.3. The molecule has 1 amide bonds. The van der Waals surface area contributed by atoms with Crippen molar-refractivity contribution in [2.75, 3.05) is 6.54 Å². The Balaban J connectivity index is 1.76. The summed E-state index contributed by atoms with van der Waals surface area (Å²) in [6.45, 7) is 5.06. The van der Waals surface area contributed by atoms with Gasteiger partial charge in [-0.3, -0.25) is 4.79 Å². The number of nitrogens with one attached hydrogen (secondary N) is 1. The van der Waals surface area contributed by atoms with Crippen LogP contribution in [0.4, 0.5) is 4.39 Å². The monoisotopic (exact) mass is 353 g/mol. The highest BCUT2D eigenvalue weighted by molar-refractivity contribution is 5.77. The maximum atomic E-state index is 13.2. The Morgan fingerprint density at radius 3 is 2.62 bits per heavy atom. The Labute approximate surface area is 153 Å². The Hall–Kier alpha value is -2.69. The summed E-state index contributed by atoms with van der Waals surface area (Å²) in [5.74, 6) is 0.822. The number of aryl methyl sites for hydroxylation is 1. The van der Waals surface area contributed by atoms with E-state index in [2.05, 4.69) is 16.0 Å². The third-order valence-corrected chi connectivity index (χ3v) is 4.39. The van der Waals surface area contributed by atoms with Crippen LogP contribution in [0, 0.1) is 11.7 Å². The van der Waals surface area contributed by atoms with E-state index >= 15 is 0 Å². The molecule has 136 valence electrons. The third-order valence-electron chi connectivity index (χ3n) is 4.39. The number of para-hydroxylation sites is 2. The second kappa shape index (κ2) is 8.13. The van der Waals surface area contributed by atoms with Crippen molar-refractivity contribution in [2.24, 2.45) is 5.92 Å². The van der Waals surface area contributed by atoms with Crippen LogP contribution in [0.3, 0.4) is 0 Å². The van der Waals surface area contributed by atoms with Gasteiger partial charge in [0.05, 0.1) is 11.0 Å². The number of aromatic nitrogens is 2. The lowest BCUT2D eigenvalue weighted by Crippen LogP contribution is -2.28. The lowest BCUT2D eigenvalue weighted by Gasteiger charge is -2.11. The summed E-state index contributed by atoms with van der Waals surface area (Å²) in [6.07, 6.45) is 1.60. The van der Waals surface area contributed by atoms with Crippen molar-refractivity contribution >= 4 is 16.9 Å². The molecular formula is C21H24FN3O. The minimum absolute atomic E-state index is 0.00181. The molecule has 2 aromatic carbocycles. The molecule has 1 N–H and O–H groups in total. The van der Waals surface area contributed by atoms with Crippen LogP contribution in [0.5, 0.6) is 0 Å². The Kier molecular flexibility index (Phi) is 5.66. The van der Waals surface area contributed by atoms with Crippen molar-refractivity contribution < 1.29 is 9.18 Å². The smallest absolute Gasteiger partial charge is 0.222 e. The molecule has 0 unspecified atom stereocenters. The number of rotatable bonds is 7. The van der Waals surface area contributed by atoms with Gasteiger partial charge in [-0.1, -0.05) is 38.1 Å². The standard InChI is InChI=1S/C21H24FN3O/c1-15(2)21(26)23-13-5-8-20-24-18-6-3-4-7-19(18)25(20)14-16-9-11-17(22)12-10-16/h3-4,6-7,9-12,15H,5,8,13-14H2,1-2H3,(H,23,26). The van der Waals surface area contributed by atoms with Gasteiger partial charge in [-0.25, -0.2) is 9.37 Å². The first-order valence-electron chi connectivity index (χ1n) is 9.01. The lowest BCUT2D eigenvalue weighted by atomic mass is 10.2. The van der Waals surface area contributed by atoms with E-state index < -0.39 is 0 Å². The normalized spacial score (nSPS) is 11.2. The van der Waals surface area contributed by atoms with E-state index in [1.165, 1.54) is 12.1 Å². The summed E-state index contributed by atoms with van der Waals surface area (Å²) in [6, 6.07) is 14.6. The van der Waals surface area contributed by atoms with Crippen molar-refractivity contribution in [2.45, 2.75) is 33.2 Å². The maximum Gasteiger partial charge on any atom is 0.222 e. The van der Waals surface area contributed by atoms with Gasteiger partial charge in [0.2, 0.25) is 5.91 Å². The zero-order chi connectivity index (χ0) is 18.5. The first kappa shape index (κ1) is 18.1. The zero-order valence-electron chi connectivity index (χ0n) is 15.2. The first-order chi connectivity index (χ1) is 12.5. The molecule has 0 aliphatic heterocycles. The molecule has 0 spiro atoms. The van der Waals surface area contributed by atoms with Crippen LogP contribution in [0.15, 0.2) is 48.5 Å². The van der Waals surface area contributed by atoms with Gasteiger partial charge in [-0.15, -0.1) is 0 Å². The molecule has 0 aliphatic carbocycles. The van der Waals surface area contributed by atoms with Crippen LogP contribution in [-0.2, 0) is 17.8 Å². The fourth-order valence-corrected chi connectivity index (χ4v) is 2.93. The first-order valence-corrected chi connectivity index (χ1v) is 9.01. The predicted molar refractivity (Wildman–Crippen MR) is 101 cm³/mol. The average Bonchev–Trinajstić information content (AvgIpc) is 2.98. The van der Waals surface area contributed by atoms with E-state index in [-0.39, 0.29) is 17.6 Å². The number of amides is 1. The molecule has 5 heteroatoms. The van der Waals surface area contributed by atoms with Gasteiger partial charge in [0.1, 0.15) is 11.6 Å². The number of benzene rings is 2. The number of hydrogen-bond acceptors (Lipinski definition) is 2. The van der Waals surface area contributed by atoms with Crippen LogP contribution in [-0.4, -0.2) is 22.0 Å². The molecule has 0 aliphatic rings. The minimum atomic E-state index is -0.231. The molecule has 3 aromatic rings. The van der Waals surface area contributed by atoms with Gasteiger partial charge in [0.25, 0.3) is 0 Å². The summed E-state index contributed by atoms with van der Waals surface area (Å²) in [5, 5.41) is 2.94. The number of carbonyl (C=O) groups excluding carboxylic acids is 1. The molecule has 4 nitrogen and oxygen atoms in total. The molecule has 3 rings (SSSR count). The second-order valence-corrected chi connectivity index (χ2v) is 6.78. The highest BCUT2D eigenvalue weighted by atomic mass is 19.1. The van der Waals surface area contributed by atoms with Crippen LogP contribution < -0.4 is 5.32 Å². The largest absolute Gasteiger partial charge is 0.356 e. The lowest BCUT2D eigenvalue weighted by molar-refractivity contribution is -0.123. The van der Waals surface area contributed by atoms with E-state index in [9.17, 15) is 9.18 Å². The minimum Gasteiger partial charge on any atom is -0.356 e. The molecule has 0 fully saturated rings. The number of fused-ring (bicyclic) bond motifs is 1. The number of halogens is 1. The number of carbonyl (C=O) groups is 1. The molecule has 0 atom stereocenters. The highest BCUT2D eigenvalue weighted by Gasteiger charge is 2.11. The van der Waals surface area contributed by atoms with Crippen LogP contribution >= 0.6 is 0 Å². The van der Waals surface area contributed by atoms with Gasteiger partial charge < -0.3 is 9.88 Å². The quantitative estimate of drug-likeness (QED) is 0.654. The Bertz CT molecular complexity index is 884. The van der Waals surface area contributed by atoms with Gasteiger partial charge in [-0.05, 0) is 36.2 Å². The van der Waals surface area contributed by atoms with Gasteiger partial charge >= 0.3 is 0 Å². The van der Waals surface area contributed by atoms with E-state index in [0.29, 0.717) is 13.1 Å². The van der Waals surface area contributed by atoms with Gasteiger partial charge in [0, 0.05) is 25.4 Å². The van der Waals surface area contributed by atoms with Crippen LogP contribution in [0.1, 0.15) is 31.7 Å². The molecule has 0 radical (unpaired) electrons. The molecule has 0 bridgehead atoms. The van der Waals surface area contributed by atoms with E-state index in [4.69, 9.17) is 4.98 Å². The van der Waals surface area contributed by atoms with Crippen molar-refractivity contribution in [1.29, 1.82) is 0 Å². The van der Waals surface area contributed by atoms with Crippen LogP contribution in [0.25, 0.3) is 11.0 Å². The Morgan fingerprint density at radius 2 is 1.88 bits per heavy atom. The Morgan fingerprint density at radius 1 is 1.15 bits per heavy atom. The topological polar surface area (TPSA) is 46.9 Å². The highest BCUT2D eigenvalue weighted by Crippen LogP contribution is 2.19. The van der Waals surface area contributed by atoms with E-state index in [1.54, 1.807) is 12.1 Å². The number of nitrogens with zero attached hydrogens (tertiary/aromatic N) is 2. The van der Waals surface area contributed by atoms with E-state index in [1.807, 2.05) is 32.0 Å². The summed E-state index contributed by atoms with van der Waals surface area (Å²) in [7, 11) is 0. The fraction of sp³-hybridized carbons (Fsp3) is 0.333. The van der Waals surface area contributed by atoms with Crippen LogP contribution in [0.2, 0.25) is 0 Å². The predicted octanol–water partition coefficient (Wildman–Crippen LogP) is 3.93. The fourth-order valence-electron chi connectivity index (χ4n) is 2.93.